The second-order valence-corrected chi connectivity index (χ2v) is 67.9. The van der Waals surface area contributed by atoms with E-state index in [2.05, 4.69) is 260 Å². The molecular weight excluding hydrogens is 1030 g/mol. The molecule has 6 heteroatoms. The van der Waals surface area contributed by atoms with Crippen LogP contribution >= 0.6 is 0 Å². The summed E-state index contributed by atoms with van der Waals surface area (Å²) >= 11 is 0. The minimum atomic E-state index is -1.10. The minimum Gasteiger partial charge on any atom is -0.0879 e. The van der Waals surface area contributed by atoms with E-state index < -0.39 is 48.4 Å². The molecule has 0 aromatic heterocycles. The monoisotopic (exact) mass is 1180 g/mol. The summed E-state index contributed by atoms with van der Waals surface area (Å²) in [7, 11) is -6.36. The number of allylic oxidation sites excluding steroid dienone is 12. The van der Waals surface area contributed by atoms with Gasteiger partial charge in [0.05, 0.1) is 0 Å². The molecule has 0 aromatic carbocycles. The van der Waals surface area contributed by atoms with E-state index in [1.54, 1.807) is 0 Å². The van der Waals surface area contributed by atoms with E-state index in [0.717, 1.165) is 41.4 Å². The van der Waals surface area contributed by atoms with Crippen LogP contribution in [-0.2, 0) is 0 Å². The van der Waals surface area contributed by atoms with Crippen LogP contribution in [0.15, 0.2) is 72.9 Å². The van der Waals surface area contributed by atoms with Gasteiger partial charge in [0.1, 0.15) is 0 Å². The summed E-state index contributed by atoms with van der Waals surface area (Å²) in [4.78, 5) is 0. The topological polar surface area (TPSA) is 0 Å². The lowest BCUT2D eigenvalue weighted by atomic mass is 9.89. The molecule has 0 aliphatic carbocycles. The molecule has 0 N–H and O–H groups in total. The molecule has 0 spiro atoms. The fourth-order valence-electron chi connectivity index (χ4n) is 12.8. The van der Waals surface area contributed by atoms with Gasteiger partial charge in [0.2, 0.25) is 0 Å². The first kappa shape index (κ1) is 79.8. The molecule has 0 nitrogen and oxygen atoms in total. The number of hydrogen-bond donors (Lipinski definition) is 0. The number of rotatable bonds is 42. The molecule has 0 fully saturated rings. The highest BCUT2D eigenvalue weighted by Gasteiger charge is 2.26. The van der Waals surface area contributed by atoms with Crippen LogP contribution in [0.3, 0.4) is 0 Å². The van der Waals surface area contributed by atoms with Gasteiger partial charge in [0, 0.05) is 48.4 Å². The summed E-state index contributed by atoms with van der Waals surface area (Å²) < 4.78 is 0. The van der Waals surface area contributed by atoms with Crippen molar-refractivity contribution >= 4 is 48.4 Å². The highest BCUT2D eigenvalue weighted by atomic mass is 28.3. The summed E-state index contributed by atoms with van der Waals surface area (Å²) in [5, 5.41) is 0. The van der Waals surface area contributed by atoms with Crippen molar-refractivity contribution in [3.8, 4) is 0 Å². The van der Waals surface area contributed by atoms with Crippen molar-refractivity contribution in [1.29, 1.82) is 0 Å². The van der Waals surface area contributed by atoms with E-state index in [9.17, 15) is 0 Å². The molecule has 78 heavy (non-hydrogen) atoms. The smallest absolute Gasteiger partial charge is 0.0448 e. The summed E-state index contributed by atoms with van der Waals surface area (Å²) in [6.45, 7) is 69.8. The lowest BCUT2D eigenvalue weighted by Gasteiger charge is -2.28. The minimum absolute atomic E-state index is 0.550. The molecule has 0 bridgehead atoms. The predicted molar refractivity (Wildman–Crippen MR) is 387 cm³/mol. The van der Waals surface area contributed by atoms with E-state index in [1.807, 2.05) is 0 Å². The first-order valence-corrected chi connectivity index (χ1v) is 55.9. The molecule has 0 radical (unpaired) electrons. The van der Waals surface area contributed by atoms with E-state index in [0.29, 0.717) is 29.6 Å². The van der Waals surface area contributed by atoms with Gasteiger partial charge in [0.15, 0.2) is 0 Å². The van der Waals surface area contributed by atoms with Gasteiger partial charge >= 0.3 is 0 Å². The van der Waals surface area contributed by atoms with Crippen LogP contribution in [0.2, 0.25) is 154 Å². The molecule has 0 rings (SSSR count). The average molecular weight is 1180 g/mol. The van der Waals surface area contributed by atoms with Crippen LogP contribution in [0.4, 0.5) is 0 Å². The first-order valence-electron chi connectivity index (χ1n) is 33.6. The van der Waals surface area contributed by atoms with Crippen LogP contribution in [0, 0.1) is 71.0 Å². The Balaban J connectivity index is 0. The number of hydrogen-bond acceptors (Lipinski definition) is 0. The fraction of sp³-hybridized carbons (Fsp3) is 0.833. The maximum absolute atomic E-state index is 2.62. The lowest BCUT2D eigenvalue weighted by Crippen LogP contribution is -2.26. The summed E-state index contributed by atoms with van der Waals surface area (Å²) in [5.41, 5.74) is 0. The van der Waals surface area contributed by atoms with Crippen LogP contribution in [-0.4, -0.2) is 48.4 Å². The highest BCUT2D eigenvalue weighted by molar-refractivity contribution is 6.77. The standard InChI is InChI=1S/2C36H74Si3/c1-31(2)22-18-16-15-17-19-23-35(33(4)29-38(9,10)11)24-20-21-25-36(34(5)30-39(12,13)14)27-26-32(3)28-37(6,7)8;1-31(2)22-19-17-15-16-18-20-24-35(33(4)29-38(9,10)11)26-27-36(34(5)30-39(12,13)14)25-21-23-32(3)28-37(6,7)8/h2*20-21,24-27,31-36H,15-19,22-23,28-30H2,1-14H3/b2*24-20+,25-21+,27-26+. The van der Waals surface area contributed by atoms with Crippen molar-refractivity contribution in [2.45, 2.75) is 313 Å². The zero-order valence-corrected chi connectivity index (χ0v) is 65.0. The molecule has 0 heterocycles. The van der Waals surface area contributed by atoms with Crippen molar-refractivity contribution in [2.75, 3.05) is 0 Å². The molecular formula is C72H148Si6. The normalized spacial score (nSPS) is 17.9. The van der Waals surface area contributed by atoms with Gasteiger partial charge in [-0.15, -0.1) is 0 Å². The third kappa shape index (κ3) is 52.5. The zero-order chi connectivity index (χ0) is 60.6. The SMILES string of the molecule is CC(C)CCCCCC/C=C/C(/C=C/C(/C=C/CC(C)C[Si](C)(C)C)C(C)C[Si](C)(C)C)C(C)C[Si](C)(C)C.CC(C)CCCCCCCC(/C=C/C=C/C(/C=C/C(C)C[Si](C)(C)C)C(C)C[Si](C)(C)C)C(C)C[Si](C)(C)C. The Kier molecular flexibility index (Phi) is 41.9. The van der Waals surface area contributed by atoms with E-state index in [-0.39, 0.29) is 0 Å². The van der Waals surface area contributed by atoms with Crippen molar-refractivity contribution in [3.63, 3.8) is 0 Å². The lowest BCUT2D eigenvalue weighted by molar-refractivity contribution is 0.408. The molecule has 0 aliphatic heterocycles. The Morgan fingerprint density at radius 3 is 1.03 bits per heavy atom. The van der Waals surface area contributed by atoms with Crippen LogP contribution in [0.1, 0.15) is 159 Å². The third-order valence-corrected chi connectivity index (χ3v) is 27.1. The average Bonchev–Trinajstić information content (AvgIpc) is 3.22. The van der Waals surface area contributed by atoms with Gasteiger partial charge in [-0.3, -0.25) is 0 Å². The Labute approximate surface area is 502 Å². The van der Waals surface area contributed by atoms with Gasteiger partial charge in [-0.1, -0.05) is 360 Å². The van der Waals surface area contributed by atoms with Gasteiger partial charge in [0.25, 0.3) is 0 Å². The summed E-state index contributed by atoms with van der Waals surface area (Å²) in [6.07, 6.45) is 49.7. The molecule has 460 valence electrons. The van der Waals surface area contributed by atoms with Gasteiger partial charge in [-0.05, 0) is 96.7 Å². The molecule has 0 aliphatic rings. The van der Waals surface area contributed by atoms with Crippen molar-refractivity contribution in [3.05, 3.63) is 72.9 Å². The molecule has 10 unspecified atom stereocenters. The first-order chi connectivity index (χ1) is 35.6. The highest BCUT2D eigenvalue weighted by Crippen LogP contribution is 2.33. The Morgan fingerprint density at radius 1 is 0.282 bits per heavy atom. The molecule has 0 saturated heterocycles. The maximum atomic E-state index is 2.62. The molecule has 0 amide bonds. The van der Waals surface area contributed by atoms with Crippen LogP contribution in [0.25, 0.3) is 0 Å². The van der Waals surface area contributed by atoms with E-state index in [1.165, 1.54) is 126 Å². The van der Waals surface area contributed by atoms with Gasteiger partial charge in [-0.25, -0.2) is 0 Å². The molecule has 0 aromatic rings. The zero-order valence-electron chi connectivity index (χ0n) is 59.0. The van der Waals surface area contributed by atoms with Crippen molar-refractivity contribution < 1.29 is 0 Å². The Bertz CT molecular complexity index is 1640. The molecule has 0 saturated carbocycles. The van der Waals surface area contributed by atoms with Gasteiger partial charge < -0.3 is 0 Å². The van der Waals surface area contributed by atoms with Crippen molar-refractivity contribution in [1.82, 2.24) is 0 Å². The van der Waals surface area contributed by atoms with E-state index >= 15 is 0 Å². The Hall–Kier alpha value is -0.259. The predicted octanol–water partition coefficient (Wildman–Crippen LogP) is 26.4. The fourth-order valence-corrected chi connectivity index (χ4v) is 26.0. The van der Waals surface area contributed by atoms with E-state index in [4.69, 9.17) is 0 Å². The Morgan fingerprint density at radius 2 is 0.615 bits per heavy atom. The number of unbranched alkanes of at least 4 members (excludes halogenated alkanes) is 8. The third-order valence-electron chi connectivity index (χ3n) is 15.8. The van der Waals surface area contributed by atoms with Crippen LogP contribution in [0.5, 0.6) is 0 Å². The quantitative estimate of drug-likeness (QED) is 0.0247. The second-order valence-electron chi connectivity index (χ2n) is 34.7. The molecule has 10 atom stereocenters. The van der Waals surface area contributed by atoms with Gasteiger partial charge in [-0.2, -0.15) is 0 Å². The summed E-state index contributed by atoms with van der Waals surface area (Å²) in [5.74, 6) is 8.58. The second kappa shape index (κ2) is 40.9. The largest absolute Gasteiger partial charge is 0.0879 e. The van der Waals surface area contributed by atoms with Crippen molar-refractivity contribution in [2.24, 2.45) is 71.0 Å². The maximum Gasteiger partial charge on any atom is 0.0448 e. The van der Waals surface area contributed by atoms with Crippen LogP contribution < -0.4 is 0 Å². The summed E-state index contributed by atoms with van der Waals surface area (Å²) in [6, 6.07) is 8.45.